The first-order valence-electron chi connectivity index (χ1n) is 6.98. The van der Waals surface area contributed by atoms with E-state index in [9.17, 15) is 0 Å². The van der Waals surface area contributed by atoms with Crippen LogP contribution in [-0.2, 0) is 6.54 Å². The molecule has 0 fully saturated rings. The summed E-state index contributed by atoms with van der Waals surface area (Å²) >= 11 is 0. The average molecular weight is 238 g/mol. The molecule has 17 heavy (non-hydrogen) atoms. The number of anilines is 1. The molecule has 0 unspecified atom stereocenters. The summed E-state index contributed by atoms with van der Waals surface area (Å²) in [6.07, 6.45) is 13.6. The van der Waals surface area contributed by atoms with Crippen molar-refractivity contribution in [2.45, 2.75) is 71.3 Å². The molecule has 0 aliphatic heterocycles. The molecule has 0 spiro atoms. The lowest BCUT2D eigenvalue weighted by Gasteiger charge is -2.03. The van der Waals surface area contributed by atoms with E-state index in [4.69, 9.17) is 5.73 Å². The normalized spacial score (nSPS) is 10.9. The Morgan fingerprint density at radius 1 is 1.00 bits per heavy atom. The number of aryl methyl sites for hydroxylation is 1. The van der Waals surface area contributed by atoms with Gasteiger partial charge in [0.2, 0.25) is 5.95 Å². The number of rotatable bonds is 10. The van der Waals surface area contributed by atoms with Gasteiger partial charge in [0.25, 0.3) is 0 Å². The molecular formula is C13H26N4. The number of nitrogens with zero attached hydrogens (tertiary/aromatic N) is 3. The van der Waals surface area contributed by atoms with E-state index in [1.165, 1.54) is 57.7 Å². The van der Waals surface area contributed by atoms with Gasteiger partial charge in [0.05, 0.1) is 0 Å². The van der Waals surface area contributed by atoms with Gasteiger partial charge in [-0.05, 0) is 6.42 Å². The summed E-state index contributed by atoms with van der Waals surface area (Å²) in [4.78, 5) is 3.90. The van der Waals surface area contributed by atoms with Crippen molar-refractivity contribution in [3.05, 3.63) is 6.33 Å². The summed E-state index contributed by atoms with van der Waals surface area (Å²) in [5.41, 5.74) is 5.64. The Bertz CT molecular complexity index is 283. The highest BCUT2D eigenvalue weighted by molar-refractivity contribution is 5.11. The Hall–Kier alpha value is -1.06. The fraction of sp³-hybridized carbons (Fsp3) is 0.846. The van der Waals surface area contributed by atoms with E-state index in [0.717, 1.165) is 13.0 Å². The molecule has 0 aliphatic rings. The van der Waals surface area contributed by atoms with Crippen LogP contribution in [0.1, 0.15) is 64.7 Å². The van der Waals surface area contributed by atoms with Gasteiger partial charge in [-0.2, -0.15) is 5.10 Å². The van der Waals surface area contributed by atoms with Crippen molar-refractivity contribution < 1.29 is 0 Å². The monoisotopic (exact) mass is 238 g/mol. The quantitative estimate of drug-likeness (QED) is 0.636. The number of hydrogen-bond acceptors (Lipinski definition) is 3. The minimum atomic E-state index is 0.532. The number of hydrogen-bond donors (Lipinski definition) is 1. The molecule has 0 aromatic carbocycles. The Morgan fingerprint density at radius 3 is 2.12 bits per heavy atom. The van der Waals surface area contributed by atoms with Gasteiger partial charge in [0.1, 0.15) is 6.33 Å². The van der Waals surface area contributed by atoms with Crippen molar-refractivity contribution in [3.63, 3.8) is 0 Å². The van der Waals surface area contributed by atoms with Crippen LogP contribution in [0.3, 0.4) is 0 Å². The van der Waals surface area contributed by atoms with Crippen molar-refractivity contribution >= 4 is 5.95 Å². The van der Waals surface area contributed by atoms with Gasteiger partial charge in [0.15, 0.2) is 0 Å². The summed E-state index contributed by atoms with van der Waals surface area (Å²) in [6.45, 7) is 3.16. The van der Waals surface area contributed by atoms with Crippen LogP contribution in [0.5, 0.6) is 0 Å². The highest BCUT2D eigenvalue weighted by Crippen LogP contribution is 2.10. The topological polar surface area (TPSA) is 56.7 Å². The molecule has 0 saturated heterocycles. The van der Waals surface area contributed by atoms with Crippen molar-refractivity contribution in [3.8, 4) is 0 Å². The molecule has 0 aliphatic carbocycles. The Kier molecular flexibility index (Phi) is 7.43. The molecule has 1 aromatic heterocycles. The van der Waals surface area contributed by atoms with E-state index in [-0.39, 0.29) is 0 Å². The first-order valence-corrected chi connectivity index (χ1v) is 6.98. The predicted molar refractivity (Wildman–Crippen MR) is 71.7 cm³/mol. The molecule has 0 atom stereocenters. The second kappa shape index (κ2) is 9.02. The molecule has 0 radical (unpaired) electrons. The van der Waals surface area contributed by atoms with E-state index in [2.05, 4.69) is 17.0 Å². The van der Waals surface area contributed by atoms with Crippen molar-refractivity contribution in [1.82, 2.24) is 14.8 Å². The molecule has 0 amide bonds. The summed E-state index contributed by atoms with van der Waals surface area (Å²) in [5.74, 6) is 0.532. The minimum Gasteiger partial charge on any atom is -0.368 e. The molecule has 1 aromatic rings. The largest absolute Gasteiger partial charge is 0.368 e. The number of nitrogen functional groups attached to an aromatic ring is 1. The summed E-state index contributed by atoms with van der Waals surface area (Å²) < 4.78 is 1.78. The molecule has 2 N–H and O–H groups in total. The first kappa shape index (κ1) is 14.0. The zero-order valence-electron chi connectivity index (χ0n) is 11.1. The van der Waals surface area contributed by atoms with Crippen molar-refractivity contribution in [2.75, 3.05) is 5.73 Å². The molecular weight excluding hydrogens is 212 g/mol. The standard InChI is InChI=1S/C13H26N4/c1-2-3-4-5-6-7-8-9-10-11-17-13(14)15-12-16-17/h12H,2-11H2,1H3,(H2,14,15,16). The van der Waals surface area contributed by atoms with Gasteiger partial charge in [-0.3, -0.25) is 0 Å². The van der Waals surface area contributed by atoms with E-state index < -0.39 is 0 Å². The lowest BCUT2D eigenvalue weighted by molar-refractivity contribution is 0.520. The lowest BCUT2D eigenvalue weighted by atomic mass is 10.1. The maximum absolute atomic E-state index is 5.64. The molecule has 98 valence electrons. The number of aromatic nitrogens is 3. The van der Waals surface area contributed by atoms with E-state index in [1.54, 1.807) is 4.68 Å². The Labute approximate surface area is 105 Å². The van der Waals surface area contributed by atoms with Crippen LogP contribution in [0, 0.1) is 0 Å². The van der Waals surface area contributed by atoms with E-state index >= 15 is 0 Å². The van der Waals surface area contributed by atoms with Crippen LogP contribution in [0.4, 0.5) is 5.95 Å². The molecule has 4 nitrogen and oxygen atoms in total. The number of unbranched alkanes of at least 4 members (excludes halogenated alkanes) is 8. The van der Waals surface area contributed by atoms with Crippen LogP contribution in [0.2, 0.25) is 0 Å². The second-order valence-electron chi connectivity index (χ2n) is 4.67. The molecule has 1 heterocycles. The number of nitrogens with two attached hydrogens (primary N) is 1. The molecule has 0 saturated carbocycles. The Morgan fingerprint density at radius 2 is 1.59 bits per heavy atom. The van der Waals surface area contributed by atoms with Crippen LogP contribution >= 0.6 is 0 Å². The van der Waals surface area contributed by atoms with Crippen molar-refractivity contribution in [2.24, 2.45) is 0 Å². The lowest BCUT2D eigenvalue weighted by Crippen LogP contribution is -2.05. The van der Waals surface area contributed by atoms with Gasteiger partial charge in [-0.1, -0.05) is 58.3 Å². The highest BCUT2D eigenvalue weighted by atomic mass is 15.4. The van der Waals surface area contributed by atoms with Crippen LogP contribution in [0.15, 0.2) is 6.33 Å². The maximum Gasteiger partial charge on any atom is 0.218 e. The third kappa shape index (κ3) is 6.29. The van der Waals surface area contributed by atoms with Crippen molar-refractivity contribution in [1.29, 1.82) is 0 Å². The Balaban J connectivity index is 1.86. The third-order valence-electron chi connectivity index (χ3n) is 3.12. The van der Waals surface area contributed by atoms with Gasteiger partial charge in [0, 0.05) is 6.54 Å². The smallest absolute Gasteiger partial charge is 0.218 e. The first-order chi connectivity index (χ1) is 8.34. The zero-order valence-corrected chi connectivity index (χ0v) is 11.1. The average Bonchev–Trinajstić information content (AvgIpc) is 2.73. The summed E-state index contributed by atoms with van der Waals surface area (Å²) in [6, 6.07) is 0. The van der Waals surface area contributed by atoms with Gasteiger partial charge in [-0.25, -0.2) is 9.67 Å². The van der Waals surface area contributed by atoms with Gasteiger partial charge < -0.3 is 5.73 Å². The van der Waals surface area contributed by atoms with Gasteiger partial charge in [-0.15, -0.1) is 0 Å². The van der Waals surface area contributed by atoms with Gasteiger partial charge >= 0.3 is 0 Å². The highest BCUT2D eigenvalue weighted by Gasteiger charge is 1.98. The molecule has 4 heteroatoms. The zero-order chi connectivity index (χ0) is 12.3. The van der Waals surface area contributed by atoms with E-state index in [1.807, 2.05) is 0 Å². The minimum absolute atomic E-state index is 0.532. The molecule has 0 bridgehead atoms. The van der Waals surface area contributed by atoms with Crippen LogP contribution < -0.4 is 5.73 Å². The second-order valence-corrected chi connectivity index (χ2v) is 4.67. The third-order valence-corrected chi connectivity index (χ3v) is 3.12. The predicted octanol–water partition coefficient (Wildman–Crippen LogP) is 3.39. The van der Waals surface area contributed by atoms with E-state index in [0.29, 0.717) is 5.95 Å². The maximum atomic E-state index is 5.64. The SMILES string of the molecule is CCCCCCCCCCCn1ncnc1N. The van der Waals surface area contributed by atoms with Crippen LogP contribution in [0.25, 0.3) is 0 Å². The van der Waals surface area contributed by atoms with Crippen LogP contribution in [-0.4, -0.2) is 14.8 Å². The summed E-state index contributed by atoms with van der Waals surface area (Å²) in [5, 5.41) is 4.06. The molecule has 1 rings (SSSR count). The fourth-order valence-electron chi connectivity index (χ4n) is 2.02. The summed E-state index contributed by atoms with van der Waals surface area (Å²) in [7, 11) is 0. The fourth-order valence-corrected chi connectivity index (χ4v) is 2.02.